The number of halogens is 3. The monoisotopic (exact) mass is 427 g/mol. The van der Waals surface area contributed by atoms with Crippen LogP contribution in [0.1, 0.15) is 33.4 Å². The normalized spacial score (nSPS) is 19.5. The number of hydrogen-bond donors (Lipinski definition) is 0. The Morgan fingerprint density at radius 2 is 1.92 bits per heavy atom. The minimum Gasteiger partial charge on any atom is -0.398 e. The Bertz CT molecular complexity index is 825. The van der Waals surface area contributed by atoms with Gasteiger partial charge in [0, 0.05) is 4.47 Å². The van der Waals surface area contributed by atoms with Crippen molar-refractivity contribution in [3.8, 4) is 5.69 Å². The van der Waals surface area contributed by atoms with Crippen LogP contribution >= 0.6 is 27.5 Å². The van der Waals surface area contributed by atoms with E-state index in [2.05, 4.69) is 26.2 Å². The summed E-state index contributed by atoms with van der Waals surface area (Å²) in [7, 11) is -1.06. The molecular weight excluding hydrogens is 411 g/mol. The molecule has 3 rings (SSSR count). The van der Waals surface area contributed by atoms with Gasteiger partial charge in [-0.2, -0.15) is 0 Å². The van der Waals surface area contributed by atoms with E-state index in [0.29, 0.717) is 16.4 Å². The second-order valence-electron chi connectivity index (χ2n) is 6.80. The first kappa shape index (κ1) is 18.6. The fourth-order valence-corrected chi connectivity index (χ4v) is 3.05. The number of benzene rings is 1. The van der Waals surface area contributed by atoms with E-state index in [1.807, 2.05) is 33.8 Å². The molecule has 1 aliphatic rings. The molecule has 132 valence electrons. The Hall–Kier alpha value is -1.22. The maximum atomic E-state index is 14.5. The van der Waals surface area contributed by atoms with Crippen molar-refractivity contribution in [3.05, 3.63) is 45.3 Å². The molecule has 0 N–H and O–H groups in total. The predicted molar refractivity (Wildman–Crippen MR) is 99.2 cm³/mol. The molecule has 0 unspecified atom stereocenters. The molecule has 25 heavy (non-hydrogen) atoms. The summed E-state index contributed by atoms with van der Waals surface area (Å²) >= 11 is 9.54. The Balaban J connectivity index is 1.82. The molecule has 5 nitrogen and oxygen atoms in total. The zero-order valence-corrected chi connectivity index (χ0v) is 16.6. The van der Waals surface area contributed by atoms with Gasteiger partial charge in [0.15, 0.2) is 0 Å². The van der Waals surface area contributed by atoms with Crippen LogP contribution in [0.4, 0.5) is 4.39 Å². The van der Waals surface area contributed by atoms with Crippen molar-refractivity contribution in [3.63, 3.8) is 0 Å². The fourth-order valence-electron chi connectivity index (χ4n) is 2.29. The Kier molecular flexibility index (Phi) is 4.83. The third kappa shape index (κ3) is 3.67. The van der Waals surface area contributed by atoms with Crippen molar-refractivity contribution < 1.29 is 13.7 Å². The largest absolute Gasteiger partial charge is 0.525 e. The molecule has 1 saturated heterocycles. The third-order valence-corrected chi connectivity index (χ3v) is 5.23. The average Bonchev–Trinajstić information content (AvgIpc) is 3.01. The molecule has 9 heteroatoms. The minimum atomic E-state index is -1.06. The molecule has 1 aliphatic heterocycles. The van der Waals surface area contributed by atoms with Gasteiger partial charge in [-0.1, -0.05) is 32.7 Å². The maximum absolute atomic E-state index is 14.5. The predicted octanol–water partition coefficient (Wildman–Crippen LogP) is 4.63. The fraction of sp³-hybridized carbons (Fsp3) is 0.375. The lowest BCUT2D eigenvalue weighted by atomic mass is 9.87. The second-order valence-corrected chi connectivity index (χ2v) is 8.12. The Morgan fingerprint density at radius 1 is 1.28 bits per heavy atom. The maximum Gasteiger partial charge on any atom is 0.525 e. The highest BCUT2D eigenvalue weighted by Gasteiger charge is 2.53. The highest BCUT2D eigenvalue weighted by atomic mass is 79.9. The first-order valence-electron chi connectivity index (χ1n) is 7.69. The highest BCUT2D eigenvalue weighted by Crippen LogP contribution is 2.39. The molecule has 1 fully saturated rings. The lowest BCUT2D eigenvalue weighted by molar-refractivity contribution is 0.00578. The zero-order valence-electron chi connectivity index (χ0n) is 14.3. The van der Waals surface area contributed by atoms with Crippen LogP contribution in [-0.4, -0.2) is 33.3 Å². The summed E-state index contributed by atoms with van der Waals surface area (Å²) in [6, 6.07) is 5.38. The molecule has 1 aromatic heterocycles. The molecule has 2 aromatic rings. The van der Waals surface area contributed by atoms with Crippen LogP contribution in [0, 0.1) is 0 Å². The summed E-state index contributed by atoms with van der Waals surface area (Å²) in [5.41, 5.74) is -0.788. The van der Waals surface area contributed by atoms with Crippen molar-refractivity contribution >= 4 is 40.7 Å². The lowest BCUT2D eigenvalue weighted by Crippen LogP contribution is -2.41. The van der Waals surface area contributed by atoms with Gasteiger partial charge in [-0.05, 0) is 52.0 Å². The molecule has 0 amide bonds. The van der Waals surface area contributed by atoms with E-state index in [4.69, 9.17) is 20.9 Å². The summed E-state index contributed by atoms with van der Waals surface area (Å²) < 4.78 is 28.2. The van der Waals surface area contributed by atoms with Crippen LogP contribution in [0.5, 0.6) is 0 Å². The lowest BCUT2D eigenvalue weighted by Gasteiger charge is -2.32. The first-order valence-corrected chi connectivity index (χ1v) is 8.87. The van der Waals surface area contributed by atoms with Crippen molar-refractivity contribution in [1.82, 2.24) is 15.0 Å². The highest BCUT2D eigenvalue weighted by molar-refractivity contribution is 9.10. The second kappa shape index (κ2) is 6.50. The van der Waals surface area contributed by atoms with Crippen molar-refractivity contribution in [2.75, 3.05) is 0 Å². The number of nitrogens with zero attached hydrogens (tertiary/aromatic N) is 3. The Morgan fingerprint density at radius 3 is 2.52 bits per heavy atom. The van der Waals surface area contributed by atoms with Crippen LogP contribution in [0.2, 0.25) is 5.02 Å². The smallest absolute Gasteiger partial charge is 0.398 e. The van der Waals surface area contributed by atoms with Crippen LogP contribution in [-0.2, 0) is 9.31 Å². The molecule has 1 aromatic carbocycles. The van der Waals surface area contributed by atoms with Gasteiger partial charge in [-0.25, -0.2) is 9.07 Å². The SMILES string of the molecule is CC1(C)OB(C(F)=Cc2cn(-c3ccc(Br)cc3Cl)nn2)OC1(C)C. The van der Waals surface area contributed by atoms with Gasteiger partial charge in [-0.3, -0.25) is 0 Å². The van der Waals surface area contributed by atoms with Gasteiger partial charge >= 0.3 is 7.12 Å². The number of rotatable bonds is 3. The average molecular weight is 428 g/mol. The van der Waals surface area contributed by atoms with Crippen molar-refractivity contribution in [2.45, 2.75) is 38.9 Å². The Labute approximate surface area is 159 Å². The van der Waals surface area contributed by atoms with Crippen LogP contribution in [0.3, 0.4) is 0 Å². The number of hydrogen-bond acceptors (Lipinski definition) is 4. The van der Waals surface area contributed by atoms with Crippen LogP contribution in [0.15, 0.2) is 34.6 Å². The quantitative estimate of drug-likeness (QED) is 0.669. The van der Waals surface area contributed by atoms with Gasteiger partial charge in [0.25, 0.3) is 0 Å². The molecule has 0 radical (unpaired) electrons. The number of aromatic nitrogens is 3. The summed E-state index contributed by atoms with van der Waals surface area (Å²) in [5.74, 6) is 0. The van der Waals surface area contributed by atoms with Crippen LogP contribution < -0.4 is 0 Å². The van der Waals surface area contributed by atoms with Gasteiger partial charge in [0.2, 0.25) is 0 Å². The van der Waals surface area contributed by atoms with E-state index < -0.39 is 24.0 Å². The van der Waals surface area contributed by atoms with E-state index in [1.54, 1.807) is 18.3 Å². The molecule has 0 atom stereocenters. The molecule has 0 aliphatic carbocycles. The summed E-state index contributed by atoms with van der Waals surface area (Å²) in [4.78, 5) is 0. The van der Waals surface area contributed by atoms with Crippen LogP contribution in [0.25, 0.3) is 11.8 Å². The molecule has 0 bridgehead atoms. The summed E-state index contributed by atoms with van der Waals surface area (Å²) in [5, 5.41) is 8.44. The molecular formula is C16H17BBrClFN3O2. The standard InChI is InChI=1S/C16H17BBrClFN3O2/c1-15(2)16(3,4)25-17(24-15)14(20)8-11-9-23(22-21-11)13-6-5-10(18)7-12(13)19/h5-9H,1-4H3. The zero-order chi connectivity index (χ0) is 18.4. The van der Waals surface area contributed by atoms with Gasteiger partial charge < -0.3 is 9.31 Å². The van der Waals surface area contributed by atoms with Gasteiger partial charge in [0.1, 0.15) is 11.4 Å². The topological polar surface area (TPSA) is 49.2 Å². The van der Waals surface area contributed by atoms with Crippen molar-refractivity contribution in [1.29, 1.82) is 0 Å². The van der Waals surface area contributed by atoms with E-state index in [1.165, 1.54) is 10.8 Å². The van der Waals surface area contributed by atoms with E-state index in [-0.39, 0.29) is 0 Å². The third-order valence-electron chi connectivity index (χ3n) is 4.43. The van der Waals surface area contributed by atoms with E-state index in [9.17, 15) is 4.39 Å². The molecule has 0 saturated carbocycles. The van der Waals surface area contributed by atoms with Gasteiger partial charge in [-0.15, -0.1) is 5.10 Å². The van der Waals surface area contributed by atoms with E-state index in [0.717, 1.165) is 4.47 Å². The van der Waals surface area contributed by atoms with Gasteiger partial charge in [0.05, 0.1) is 28.1 Å². The van der Waals surface area contributed by atoms with Crippen molar-refractivity contribution in [2.24, 2.45) is 0 Å². The summed E-state index contributed by atoms with van der Waals surface area (Å²) in [6.45, 7) is 7.47. The first-order chi connectivity index (χ1) is 11.6. The summed E-state index contributed by atoms with van der Waals surface area (Å²) in [6.07, 6.45) is 2.83. The molecule has 2 heterocycles. The minimum absolute atomic E-state index is 0.339. The molecule has 0 spiro atoms. The van der Waals surface area contributed by atoms with E-state index >= 15 is 0 Å².